The third-order valence-electron chi connectivity index (χ3n) is 2.01. The lowest BCUT2D eigenvalue weighted by Gasteiger charge is -2.11. The Hall–Kier alpha value is -2.03. The second-order valence-corrected chi connectivity index (χ2v) is 3.21. The fraction of sp³-hybridized carbons (Fsp3) is 0.0833. The molecule has 0 aliphatic carbocycles. The van der Waals surface area contributed by atoms with Gasteiger partial charge in [0.15, 0.2) is 0 Å². The molecule has 2 rings (SSSR count). The lowest BCUT2D eigenvalue weighted by molar-refractivity contribution is -0.163. The molecule has 1 heterocycles. The number of rotatable bonds is 1. The topological polar surface area (TPSA) is 29.5 Å². The van der Waals surface area contributed by atoms with Crippen molar-refractivity contribution in [2.45, 2.75) is 6.92 Å². The van der Waals surface area contributed by atoms with Crippen molar-refractivity contribution in [1.82, 2.24) is 5.06 Å². The predicted molar refractivity (Wildman–Crippen MR) is 57.4 cm³/mol. The first-order chi connectivity index (χ1) is 7.25. The highest BCUT2D eigenvalue weighted by Crippen LogP contribution is 1.96. The number of nitrogens with zero attached hydrogens (tertiary/aromatic N) is 1. The van der Waals surface area contributed by atoms with Crippen molar-refractivity contribution in [1.29, 1.82) is 0 Å². The van der Waals surface area contributed by atoms with Gasteiger partial charge in [-0.25, -0.2) is 4.79 Å². The summed E-state index contributed by atoms with van der Waals surface area (Å²) >= 11 is 0. The number of benzene rings is 1. The van der Waals surface area contributed by atoms with Gasteiger partial charge in [-0.05, 0) is 11.3 Å². The molecule has 3 nitrogen and oxygen atoms in total. The minimum Gasteiger partial charge on any atom is -0.337 e. The molecule has 0 saturated heterocycles. The molecule has 0 bridgehead atoms. The van der Waals surface area contributed by atoms with Crippen LogP contribution in [0.2, 0.25) is 0 Å². The quantitative estimate of drug-likeness (QED) is 0.663. The summed E-state index contributed by atoms with van der Waals surface area (Å²) in [4.78, 5) is 15.8. The maximum atomic E-state index is 10.8. The van der Waals surface area contributed by atoms with E-state index in [2.05, 4.69) is 0 Å². The molecule has 1 aliphatic heterocycles. The van der Waals surface area contributed by atoms with Crippen LogP contribution in [0.4, 0.5) is 0 Å². The molecule has 0 unspecified atom stereocenters. The van der Waals surface area contributed by atoms with Gasteiger partial charge in [0.2, 0.25) is 0 Å². The standard InChI is InChI=1S/C12H11NO2/c1-10(14)15-13-8-4-7-11-5-2-3-6-12(11)9-13/h2-9H,1H3. The van der Waals surface area contributed by atoms with Crippen LogP contribution >= 0.6 is 0 Å². The Labute approximate surface area is 87.5 Å². The molecule has 0 aromatic heterocycles. The van der Waals surface area contributed by atoms with Crippen molar-refractivity contribution < 1.29 is 9.63 Å². The van der Waals surface area contributed by atoms with Gasteiger partial charge in [0.25, 0.3) is 0 Å². The van der Waals surface area contributed by atoms with Gasteiger partial charge in [0.1, 0.15) is 0 Å². The minimum atomic E-state index is -0.338. The lowest BCUT2D eigenvalue weighted by atomic mass is 10.2. The van der Waals surface area contributed by atoms with Crippen LogP contribution in [-0.2, 0) is 9.63 Å². The monoisotopic (exact) mass is 201 g/mol. The molecule has 0 N–H and O–H groups in total. The molecule has 0 radical (unpaired) electrons. The SMILES string of the molecule is CC(=O)ON1C=CC=c2ccccc2=C1. The van der Waals surface area contributed by atoms with Gasteiger partial charge in [0, 0.05) is 18.3 Å². The zero-order valence-corrected chi connectivity index (χ0v) is 8.38. The van der Waals surface area contributed by atoms with Crippen molar-refractivity contribution in [3.05, 3.63) is 47.0 Å². The Morgan fingerprint density at radius 1 is 1.27 bits per heavy atom. The van der Waals surface area contributed by atoms with Gasteiger partial charge in [-0.3, -0.25) is 0 Å². The van der Waals surface area contributed by atoms with E-state index in [1.807, 2.05) is 36.4 Å². The molecule has 0 fully saturated rings. The zero-order valence-electron chi connectivity index (χ0n) is 8.38. The molecule has 1 aromatic rings. The van der Waals surface area contributed by atoms with E-state index < -0.39 is 0 Å². The Morgan fingerprint density at radius 3 is 2.73 bits per heavy atom. The van der Waals surface area contributed by atoms with Gasteiger partial charge in [-0.1, -0.05) is 30.3 Å². The fourth-order valence-electron chi connectivity index (χ4n) is 1.40. The molecule has 0 spiro atoms. The first-order valence-electron chi connectivity index (χ1n) is 4.68. The largest absolute Gasteiger partial charge is 0.337 e. The first-order valence-corrected chi connectivity index (χ1v) is 4.68. The van der Waals surface area contributed by atoms with E-state index in [9.17, 15) is 4.79 Å². The number of hydrogen-bond donors (Lipinski definition) is 0. The van der Waals surface area contributed by atoms with Crippen LogP contribution in [0.5, 0.6) is 0 Å². The highest BCUT2D eigenvalue weighted by molar-refractivity contribution is 5.66. The summed E-state index contributed by atoms with van der Waals surface area (Å²) in [6.07, 6.45) is 7.28. The Bertz CT molecular complexity index is 517. The molecular formula is C12H11NO2. The van der Waals surface area contributed by atoms with Gasteiger partial charge >= 0.3 is 5.97 Å². The molecule has 15 heavy (non-hydrogen) atoms. The predicted octanol–water partition coefficient (Wildman–Crippen LogP) is 0.513. The lowest BCUT2D eigenvalue weighted by Crippen LogP contribution is -2.26. The maximum Gasteiger partial charge on any atom is 0.329 e. The maximum absolute atomic E-state index is 10.8. The third-order valence-corrected chi connectivity index (χ3v) is 2.01. The highest BCUT2D eigenvalue weighted by Gasteiger charge is 2.00. The Morgan fingerprint density at radius 2 is 2.00 bits per heavy atom. The van der Waals surface area contributed by atoms with Crippen LogP contribution in [0.3, 0.4) is 0 Å². The zero-order chi connectivity index (χ0) is 10.7. The average Bonchev–Trinajstić information content (AvgIpc) is 2.38. The van der Waals surface area contributed by atoms with Crippen LogP contribution in [0.15, 0.2) is 36.5 Å². The summed E-state index contributed by atoms with van der Waals surface area (Å²) in [5.41, 5.74) is 0. The third kappa shape index (κ3) is 2.26. The number of hydroxylamine groups is 2. The number of carbonyl (C=O) groups excluding carboxylic acids is 1. The number of allylic oxidation sites excluding steroid dienone is 1. The van der Waals surface area contributed by atoms with Gasteiger partial charge in [-0.15, -0.1) is 0 Å². The van der Waals surface area contributed by atoms with E-state index in [1.165, 1.54) is 12.0 Å². The molecule has 1 aromatic carbocycles. The molecule has 1 aliphatic rings. The summed E-state index contributed by atoms with van der Waals surface area (Å²) in [6.45, 7) is 1.38. The molecule has 3 heteroatoms. The number of fused-ring (bicyclic) bond motifs is 1. The highest BCUT2D eigenvalue weighted by atomic mass is 16.7. The van der Waals surface area contributed by atoms with Crippen LogP contribution < -0.4 is 10.4 Å². The van der Waals surface area contributed by atoms with E-state index in [0.717, 1.165) is 10.4 Å². The summed E-state index contributed by atoms with van der Waals surface area (Å²) in [7, 11) is 0. The molecule has 0 amide bonds. The second kappa shape index (κ2) is 4.00. The smallest absolute Gasteiger partial charge is 0.329 e. The van der Waals surface area contributed by atoms with Crippen molar-refractivity contribution >= 4 is 18.2 Å². The van der Waals surface area contributed by atoms with Crippen LogP contribution in [0.1, 0.15) is 6.92 Å². The van der Waals surface area contributed by atoms with Crippen LogP contribution in [0, 0.1) is 0 Å². The van der Waals surface area contributed by atoms with E-state index in [1.54, 1.807) is 12.4 Å². The van der Waals surface area contributed by atoms with E-state index >= 15 is 0 Å². The van der Waals surface area contributed by atoms with E-state index in [4.69, 9.17) is 4.84 Å². The Kier molecular flexibility index (Phi) is 2.54. The number of carbonyl (C=O) groups is 1. The molecular weight excluding hydrogens is 190 g/mol. The minimum absolute atomic E-state index is 0.338. The molecule has 76 valence electrons. The molecule has 0 atom stereocenters. The van der Waals surface area contributed by atoms with Gasteiger partial charge < -0.3 is 4.84 Å². The average molecular weight is 201 g/mol. The molecule has 0 saturated carbocycles. The summed E-state index contributed by atoms with van der Waals surface area (Å²) in [5.74, 6) is -0.338. The van der Waals surface area contributed by atoms with Gasteiger partial charge in [0.05, 0.1) is 6.20 Å². The van der Waals surface area contributed by atoms with Crippen LogP contribution in [0.25, 0.3) is 12.3 Å². The van der Waals surface area contributed by atoms with E-state index in [0.29, 0.717) is 0 Å². The summed E-state index contributed by atoms with van der Waals surface area (Å²) in [6, 6.07) is 7.89. The summed E-state index contributed by atoms with van der Waals surface area (Å²) < 4.78 is 0. The van der Waals surface area contributed by atoms with Crippen molar-refractivity contribution in [3.63, 3.8) is 0 Å². The van der Waals surface area contributed by atoms with Crippen molar-refractivity contribution in [2.75, 3.05) is 0 Å². The fourth-order valence-corrected chi connectivity index (χ4v) is 1.40. The van der Waals surface area contributed by atoms with Crippen molar-refractivity contribution in [2.24, 2.45) is 0 Å². The number of hydrogen-bond acceptors (Lipinski definition) is 3. The first kappa shape index (κ1) is 9.52. The van der Waals surface area contributed by atoms with Crippen molar-refractivity contribution in [3.8, 4) is 0 Å². The normalized spacial score (nSPS) is 13.3. The second-order valence-electron chi connectivity index (χ2n) is 3.21. The summed E-state index contributed by atoms with van der Waals surface area (Å²) in [5, 5.41) is 3.53. The van der Waals surface area contributed by atoms with Gasteiger partial charge in [-0.2, -0.15) is 5.06 Å². The van der Waals surface area contributed by atoms with Crippen LogP contribution in [-0.4, -0.2) is 11.0 Å². The van der Waals surface area contributed by atoms with E-state index in [-0.39, 0.29) is 5.97 Å². The Balaban J connectivity index is 2.43.